The molecule has 0 unspecified atom stereocenters. The number of methoxy groups -OCH3 is 1. The lowest BCUT2D eigenvalue weighted by molar-refractivity contribution is 0.411. The fourth-order valence-corrected chi connectivity index (χ4v) is 1.95. The number of ether oxygens (including phenoxy) is 1. The number of nitriles is 1. The van der Waals surface area contributed by atoms with Crippen LogP contribution >= 0.6 is 0 Å². The van der Waals surface area contributed by atoms with Crippen molar-refractivity contribution >= 4 is 5.69 Å². The van der Waals surface area contributed by atoms with Crippen molar-refractivity contribution in [2.24, 2.45) is 0 Å². The SMILES string of the molecule is COc1cc(F)c(C#N)c(N2CCNCC2)c1. The average Bonchev–Trinajstić information content (AvgIpc) is 2.38. The number of piperazine rings is 1. The minimum atomic E-state index is -0.527. The van der Waals surface area contributed by atoms with Gasteiger partial charge in [0.15, 0.2) is 0 Å². The maximum Gasteiger partial charge on any atom is 0.146 e. The summed E-state index contributed by atoms with van der Waals surface area (Å²) in [5, 5.41) is 12.2. The molecule has 1 N–H and O–H groups in total. The van der Waals surface area contributed by atoms with E-state index in [1.165, 1.54) is 13.2 Å². The van der Waals surface area contributed by atoms with E-state index in [4.69, 9.17) is 10.00 Å². The van der Waals surface area contributed by atoms with E-state index in [-0.39, 0.29) is 5.56 Å². The first-order valence-electron chi connectivity index (χ1n) is 5.49. The summed E-state index contributed by atoms with van der Waals surface area (Å²) < 4.78 is 18.7. The van der Waals surface area contributed by atoms with E-state index >= 15 is 0 Å². The highest BCUT2D eigenvalue weighted by atomic mass is 19.1. The van der Waals surface area contributed by atoms with Crippen LogP contribution in [0.3, 0.4) is 0 Å². The predicted octanol–water partition coefficient (Wildman–Crippen LogP) is 1.12. The van der Waals surface area contributed by atoms with Crippen LogP contribution in [0.4, 0.5) is 10.1 Å². The van der Waals surface area contributed by atoms with Crippen LogP contribution in [0.15, 0.2) is 12.1 Å². The van der Waals surface area contributed by atoms with Crippen LogP contribution < -0.4 is 15.0 Å². The van der Waals surface area contributed by atoms with Gasteiger partial charge in [-0.25, -0.2) is 4.39 Å². The number of nitrogens with zero attached hydrogens (tertiary/aromatic N) is 2. The fraction of sp³-hybridized carbons (Fsp3) is 0.417. The molecular weight excluding hydrogens is 221 g/mol. The highest BCUT2D eigenvalue weighted by Crippen LogP contribution is 2.28. The maximum absolute atomic E-state index is 13.7. The summed E-state index contributed by atoms with van der Waals surface area (Å²) >= 11 is 0. The van der Waals surface area contributed by atoms with Gasteiger partial charge in [-0.05, 0) is 0 Å². The smallest absolute Gasteiger partial charge is 0.146 e. The Morgan fingerprint density at radius 1 is 1.41 bits per heavy atom. The van der Waals surface area contributed by atoms with Gasteiger partial charge in [0.05, 0.1) is 12.8 Å². The molecule has 0 saturated carbocycles. The summed E-state index contributed by atoms with van der Waals surface area (Å²) in [4.78, 5) is 2.00. The van der Waals surface area contributed by atoms with Crippen molar-refractivity contribution in [1.29, 1.82) is 5.26 Å². The fourth-order valence-electron chi connectivity index (χ4n) is 1.95. The summed E-state index contributed by atoms with van der Waals surface area (Å²) in [6.07, 6.45) is 0. The summed E-state index contributed by atoms with van der Waals surface area (Å²) in [5.74, 6) is -0.0876. The van der Waals surface area contributed by atoms with Gasteiger partial charge in [0.1, 0.15) is 23.2 Å². The Kier molecular flexibility index (Phi) is 3.45. The molecule has 1 aliphatic heterocycles. The van der Waals surface area contributed by atoms with Crippen molar-refractivity contribution in [1.82, 2.24) is 5.32 Å². The van der Waals surface area contributed by atoms with Gasteiger partial charge < -0.3 is 15.0 Å². The third kappa shape index (κ3) is 2.32. The lowest BCUT2D eigenvalue weighted by Crippen LogP contribution is -2.43. The van der Waals surface area contributed by atoms with Crippen molar-refractivity contribution in [3.63, 3.8) is 0 Å². The number of anilines is 1. The van der Waals surface area contributed by atoms with Crippen molar-refractivity contribution in [2.75, 3.05) is 38.2 Å². The van der Waals surface area contributed by atoms with Crippen LogP contribution in [0.1, 0.15) is 5.56 Å². The van der Waals surface area contributed by atoms with Crippen molar-refractivity contribution in [3.05, 3.63) is 23.5 Å². The van der Waals surface area contributed by atoms with E-state index in [0.717, 1.165) is 26.2 Å². The van der Waals surface area contributed by atoms with E-state index in [1.54, 1.807) is 6.07 Å². The molecule has 1 aromatic carbocycles. The van der Waals surface area contributed by atoms with Gasteiger partial charge in [-0.15, -0.1) is 0 Å². The molecule has 0 radical (unpaired) electrons. The number of rotatable bonds is 2. The van der Waals surface area contributed by atoms with Gasteiger partial charge in [-0.1, -0.05) is 0 Å². The molecule has 17 heavy (non-hydrogen) atoms. The topological polar surface area (TPSA) is 48.3 Å². The molecule has 90 valence electrons. The number of nitrogens with one attached hydrogen (secondary N) is 1. The lowest BCUT2D eigenvalue weighted by Gasteiger charge is -2.30. The molecule has 5 heteroatoms. The second kappa shape index (κ2) is 5.02. The normalized spacial score (nSPS) is 15.5. The molecule has 4 nitrogen and oxygen atoms in total. The molecule has 1 aliphatic rings. The predicted molar refractivity (Wildman–Crippen MR) is 62.7 cm³/mol. The molecule has 0 amide bonds. The van der Waals surface area contributed by atoms with Gasteiger partial charge in [-0.3, -0.25) is 0 Å². The highest BCUT2D eigenvalue weighted by molar-refractivity contribution is 5.63. The van der Waals surface area contributed by atoms with E-state index < -0.39 is 5.82 Å². The molecule has 0 aromatic heterocycles. The summed E-state index contributed by atoms with van der Waals surface area (Å²) in [7, 11) is 1.49. The Hall–Kier alpha value is -1.80. The Morgan fingerprint density at radius 2 is 2.12 bits per heavy atom. The van der Waals surface area contributed by atoms with Crippen molar-refractivity contribution in [2.45, 2.75) is 0 Å². The number of halogens is 1. The average molecular weight is 235 g/mol. The zero-order valence-electron chi connectivity index (χ0n) is 9.66. The lowest BCUT2D eigenvalue weighted by atomic mass is 10.1. The van der Waals surface area contributed by atoms with Gasteiger partial charge in [0.25, 0.3) is 0 Å². The van der Waals surface area contributed by atoms with E-state index in [2.05, 4.69) is 5.32 Å². The summed E-state index contributed by atoms with van der Waals surface area (Å²) in [6.45, 7) is 3.20. The molecule has 1 aromatic rings. The van der Waals surface area contributed by atoms with E-state index in [1.807, 2.05) is 11.0 Å². The minimum Gasteiger partial charge on any atom is -0.497 e. The largest absolute Gasteiger partial charge is 0.497 e. The van der Waals surface area contributed by atoms with Gasteiger partial charge >= 0.3 is 0 Å². The second-order valence-corrected chi connectivity index (χ2v) is 3.85. The van der Waals surface area contributed by atoms with Crippen LogP contribution in [-0.2, 0) is 0 Å². The standard InChI is InChI=1S/C12H14FN3O/c1-17-9-6-11(13)10(8-14)12(7-9)16-4-2-15-3-5-16/h6-7,15H,2-5H2,1H3. The molecule has 0 aliphatic carbocycles. The number of hydrogen-bond donors (Lipinski definition) is 1. The molecule has 1 fully saturated rings. The Bertz CT molecular complexity index is 450. The van der Waals surface area contributed by atoms with Gasteiger partial charge in [0.2, 0.25) is 0 Å². The third-order valence-electron chi connectivity index (χ3n) is 2.85. The maximum atomic E-state index is 13.7. The van der Waals surface area contributed by atoms with Crippen molar-refractivity contribution in [3.8, 4) is 11.8 Å². The summed E-state index contributed by atoms with van der Waals surface area (Å²) in [6, 6.07) is 4.88. The molecule has 0 atom stereocenters. The Labute approximate surface area is 99.6 Å². The Morgan fingerprint density at radius 3 is 2.71 bits per heavy atom. The van der Waals surface area contributed by atoms with E-state index in [9.17, 15) is 4.39 Å². The van der Waals surface area contributed by atoms with Crippen LogP contribution in [-0.4, -0.2) is 33.3 Å². The van der Waals surface area contributed by atoms with Crippen LogP contribution in [0, 0.1) is 17.1 Å². The second-order valence-electron chi connectivity index (χ2n) is 3.85. The number of benzene rings is 1. The Balaban J connectivity index is 2.42. The molecule has 2 rings (SSSR count). The van der Waals surface area contributed by atoms with Gasteiger partial charge in [0, 0.05) is 38.3 Å². The number of hydrogen-bond acceptors (Lipinski definition) is 4. The first-order valence-corrected chi connectivity index (χ1v) is 5.49. The summed E-state index contributed by atoms with van der Waals surface area (Å²) in [5.41, 5.74) is 0.707. The molecule has 0 bridgehead atoms. The minimum absolute atomic E-state index is 0.0905. The van der Waals surface area contributed by atoms with Crippen molar-refractivity contribution < 1.29 is 9.13 Å². The van der Waals surface area contributed by atoms with Crippen LogP contribution in [0.2, 0.25) is 0 Å². The van der Waals surface area contributed by atoms with E-state index in [0.29, 0.717) is 11.4 Å². The zero-order valence-corrected chi connectivity index (χ0v) is 9.66. The highest BCUT2D eigenvalue weighted by Gasteiger charge is 2.18. The molecule has 1 saturated heterocycles. The third-order valence-corrected chi connectivity index (χ3v) is 2.85. The quantitative estimate of drug-likeness (QED) is 0.834. The van der Waals surface area contributed by atoms with Crippen LogP contribution in [0.25, 0.3) is 0 Å². The molecular formula is C12H14FN3O. The first kappa shape index (κ1) is 11.7. The van der Waals surface area contributed by atoms with Crippen LogP contribution in [0.5, 0.6) is 5.75 Å². The van der Waals surface area contributed by atoms with Gasteiger partial charge in [-0.2, -0.15) is 5.26 Å². The molecule has 0 spiro atoms. The molecule has 1 heterocycles. The monoisotopic (exact) mass is 235 g/mol. The zero-order chi connectivity index (χ0) is 12.3. The first-order chi connectivity index (χ1) is 8.26.